The molecule has 0 saturated carbocycles. The largest absolute Gasteiger partial charge is 0.478 e. The van der Waals surface area contributed by atoms with Gasteiger partial charge in [-0.15, -0.1) is 11.3 Å². The van der Waals surface area contributed by atoms with Crippen LogP contribution in [0, 0.1) is 6.92 Å². The van der Waals surface area contributed by atoms with Crippen molar-refractivity contribution in [1.82, 2.24) is 4.98 Å². The molecule has 0 amide bonds. The quantitative estimate of drug-likeness (QED) is 0.854. The summed E-state index contributed by atoms with van der Waals surface area (Å²) in [7, 11) is -3.89. The summed E-state index contributed by atoms with van der Waals surface area (Å²) in [6.45, 7) is 1.59. The Hall–Kier alpha value is -1.45. The second-order valence-electron chi connectivity index (χ2n) is 3.83. The molecular weight excluding hydrogens is 368 g/mol. The Morgan fingerprint density at radius 3 is 2.70 bits per heavy atom. The highest BCUT2D eigenvalue weighted by Crippen LogP contribution is 2.27. The number of nitrogens with one attached hydrogen (secondary N) is 1. The number of rotatable bonds is 4. The van der Waals surface area contributed by atoms with Crippen LogP contribution in [0.15, 0.2) is 33.1 Å². The SMILES string of the molecule is Cc1c(Br)cc(C(=O)O)cc1S(=O)(=O)Nc1nccs1. The maximum absolute atomic E-state index is 12.3. The Bertz CT molecular complexity index is 757. The number of anilines is 1. The molecule has 9 heteroatoms. The molecule has 6 nitrogen and oxygen atoms in total. The number of sulfonamides is 1. The third-order valence-electron chi connectivity index (χ3n) is 2.49. The fourth-order valence-electron chi connectivity index (χ4n) is 1.50. The van der Waals surface area contributed by atoms with Crippen molar-refractivity contribution in [2.75, 3.05) is 4.72 Å². The van der Waals surface area contributed by atoms with Gasteiger partial charge in [-0.1, -0.05) is 15.9 Å². The average molecular weight is 377 g/mol. The van der Waals surface area contributed by atoms with Crippen LogP contribution < -0.4 is 4.72 Å². The van der Waals surface area contributed by atoms with Gasteiger partial charge in [0.25, 0.3) is 10.0 Å². The Labute approximate surface area is 127 Å². The van der Waals surface area contributed by atoms with Crippen molar-refractivity contribution in [3.63, 3.8) is 0 Å². The number of carboxylic acid groups (broad SMARTS) is 1. The Balaban J connectivity index is 2.53. The minimum absolute atomic E-state index is 0.0977. The van der Waals surface area contributed by atoms with E-state index in [2.05, 4.69) is 25.6 Å². The van der Waals surface area contributed by atoms with Crippen molar-refractivity contribution in [3.8, 4) is 0 Å². The first-order valence-corrected chi connectivity index (χ1v) is 8.42. The van der Waals surface area contributed by atoms with Gasteiger partial charge in [0.2, 0.25) is 0 Å². The lowest BCUT2D eigenvalue weighted by Gasteiger charge is -2.11. The monoisotopic (exact) mass is 376 g/mol. The van der Waals surface area contributed by atoms with Crippen molar-refractivity contribution in [3.05, 3.63) is 39.3 Å². The van der Waals surface area contributed by atoms with Gasteiger partial charge in [-0.3, -0.25) is 4.72 Å². The molecule has 106 valence electrons. The van der Waals surface area contributed by atoms with Crippen LogP contribution in [0.2, 0.25) is 0 Å². The van der Waals surface area contributed by atoms with Crippen LogP contribution in [0.3, 0.4) is 0 Å². The summed E-state index contributed by atoms with van der Waals surface area (Å²) < 4.78 is 27.3. The molecule has 2 rings (SSSR count). The zero-order chi connectivity index (χ0) is 14.9. The second kappa shape index (κ2) is 5.51. The van der Waals surface area contributed by atoms with Crippen molar-refractivity contribution in [2.24, 2.45) is 0 Å². The van der Waals surface area contributed by atoms with Gasteiger partial charge in [-0.05, 0) is 24.6 Å². The number of thiazole rings is 1. The van der Waals surface area contributed by atoms with Crippen LogP contribution in [-0.4, -0.2) is 24.5 Å². The van der Waals surface area contributed by atoms with Gasteiger partial charge in [0.05, 0.1) is 10.5 Å². The summed E-state index contributed by atoms with van der Waals surface area (Å²) in [6, 6.07) is 2.48. The highest BCUT2D eigenvalue weighted by Gasteiger charge is 2.22. The molecule has 2 N–H and O–H groups in total. The molecule has 1 heterocycles. The summed E-state index contributed by atoms with van der Waals surface area (Å²) in [5.74, 6) is -1.20. The van der Waals surface area contributed by atoms with Gasteiger partial charge in [-0.25, -0.2) is 18.2 Å². The number of hydrogen-bond donors (Lipinski definition) is 2. The molecule has 1 aromatic heterocycles. The van der Waals surface area contributed by atoms with Crippen LogP contribution in [0.25, 0.3) is 0 Å². The van der Waals surface area contributed by atoms with E-state index < -0.39 is 16.0 Å². The molecule has 0 saturated heterocycles. The van der Waals surface area contributed by atoms with Crippen molar-refractivity contribution < 1.29 is 18.3 Å². The summed E-state index contributed by atoms with van der Waals surface area (Å²) in [4.78, 5) is 14.8. The van der Waals surface area contributed by atoms with E-state index >= 15 is 0 Å². The third-order valence-corrected chi connectivity index (χ3v) is 5.59. The number of nitrogens with zero attached hydrogens (tertiary/aromatic N) is 1. The minimum Gasteiger partial charge on any atom is -0.478 e. The zero-order valence-electron chi connectivity index (χ0n) is 10.1. The molecule has 0 aliphatic rings. The number of benzene rings is 1. The number of aromatic carboxylic acids is 1. The first-order valence-electron chi connectivity index (χ1n) is 5.27. The second-order valence-corrected chi connectivity index (χ2v) is 7.23. The molecule has 0 spiro atoms. The van der Waals surface area contributed by atoms with Crippen molar-refractivity contribution >= 4 is 48.4 Å². The van der Waals surface area contributed by atoms with E-state index in [-0.39, 0.29) is 15.6 Å². The highest BCUT2D eigenvalue weighted by molar-refractivity contribution is 9.10. The smallest absolute Gasteiger partial charge is 0.335 e. The van der Waals surface area contributed by atoms with Crippen LogP contribution in [0.1, 0.15) is 15.9 Å². The standard InChI is InChI=1S/C11H9BrN2O4S2/c1-6-8(12)4-7(10(15)16)5-9(6)20(17,18)14-11-13-2-3-19-11/h2-5H,1H3,(H,13,14)(H,15,16). The lowest BCUT2D eigenvalue weighted by atomic mass is 10.1. The Morgan fingerprint density at radius 1 is 1.45 bits per heavy atom. The lowest BCUT2D eigenvalue weighted by Crippen LogP contribution is -2.15. The third kappa shape index (κ3) is 3.00. The molecule has 20 heavy (non-hydrogen) atoms. The predicted octanol–water partition coefficient (Wildman–Crippen LogP) is 2.71. The fourth-order valence-corrected chi connectivity index (χ4v) is 4.17. The van der Waals surface area contributed by atoms with Gasteiger partial charge in [0.15, 0.2) is 5.13 Å². The molecule has 0 aliphatic heterocycles. The summed E-state index contributed by atoms with van der Waals surface area (Å²) in [5, 5.41) is 10.9. The van der Waals surface area contributed by atoms with Gasteiger partial charge in [0.1, 0.15) is 0 Å². The van der Waals surface area contributed by atoms with Crippen LogP contribution >= 0.6 is 27.3 Å². The van der Waals surface area contributed by atoms with Gasteiger partial charge < -0.3 is 5.11 Å². The first kappa shape index (κ1) is 14.9. The zero-order valence-corrected chi connectivity index (χ0v) is 13.3. The minimum atomic E-state index is -3.89. The van der Waals surface area contributed by atoms with Crippen LogP contribution in [0.5, 0.6) is 0 Å². The lowest BCUT2D eigenvalue weighted by molar-refractivity contribution is 0.0696. The molecule has 0 bridgehead atoms. The Morgan fingerprint density at radius 2 is 2.15 bits per heavy atom. The molecule has 0 unspecified atom stereocenters. The molecule has 1 aromatic carbocycles. The summed E-state index contributed by atoms with van der Waals surface area (Å²) in [5.41, 5.74) is 0.320. The Kier molecular flexibility index (Phi) is 4.11. The number of halogens is 1. The molecule has 0 radical (unpaired) electrons. The van der Waals surface area contributed by atoms with E-state index in [4.69, 9.17) is 5.11 Å². The molecule has 0 fully saturated rings. The molecule has 2 aromatic rings. The highest BCUT2D eigenvalue weighted by atomic mass is 79.9. The fraction of sp³-hybridized carbons (Fsp3) is 0.0909. The normalized spacial score (nSPS) is 11.3. The number of aromatic nitrogens is 1. The van der Waals surface area contributed by atoms with E-state index in [9.17, 15) is 13.2 Å². The van der Waals surface area contributed by atoms with E-state index in [1.165, 1.54) is 12.3 Å². The maximum atomic E-state index is 12.3. The number of carboxylic acids is 1. The molecule has 0 atom stereocenters. The van der Waals surface area contributed by atoms with E-state index in [0.29, 0.717) is 10.0 Å². The van der Waals surface area contributed by atoms with Crippen LogP contribution in [-0.2, 0) is 10.0 Å². The van der Waals surface area contributed by atoms with Gasteiger partial charge in [-0.2, -0.15) is 0 Å². The summed E-state index contributed by atoms with van der Waals surface area (Å²) >= 11 is 4.30. The van der Waals surface area contributed by atoms with Gasteiger partial charge in [0, 0.05) is 16.0 Å². The van der Waals surface area contributed by atoms with Crippen molar-refractivity contribution in [1.29, 1.82) is 0 Å². The first-order chi connectivity index (χ1) is 9.31. The van der Waals surface area contributed by atoms with Crippen LogP contribution in [0.4, 0.5) is 5.13 Å². The van der Waals surface area contributed by atoms with Crippen molar-refractivity contribution in [2.45, 2.75) is 11.8 Å². The number of carbonyl (C=O) groups is 1. The van der Waals surface area contributed by atoms with Gasteiger partial charge >= 0.3 is 5.97 Å². The van der Waals surface area contributed by atoms with E-state index in [1.54, 1.807) is 12.3 Å². The molecular formula is C11H9BrN2O4S2. The number of hydrogen-bond acceptors (Lipinski definition) is 5. The van der Waals surface area contributed by atoms with E-state index in [1.807, 2.05) is 0 Å². The average Bonchev–Trinajstić information content (AvgIpc) is 2.83. The molecule has 0 aliphatic carbocycles. The maximum Gasteiger partial charge on any atom is 0.335 e. The van der Waals surface area contributed by atoms with E-state index in [0.717, 1.165) is 17.4 Å². The summed E-state index contributed by atoms with van der Waals surface area (Å²) in [6.07, 6.45) is 1.47. The topological polar surface area (TPSA) is 96.4 Å². The predicted molar refractivity (Wildman–Crippen MR) is 78.8 cm³/mol.